The molecule has 4 heteroatoms. The lowest BCUT2D eigenvalue weighted by Gasteiger charge is -2.12. The fourth-order valence-electron chi connectivity index (χ4n) is 2.06. The molecule has 0 aromatic heterocycles. The number of aryl methyl sites for hydroxylation is 1. The maximum Gasteiger partial charge on any atom is 0.189 e. The molecule has 0 aliphatic heterocycles. The summed E-state index contributed by atoms with van der Waals surface area (Å²) >= 11 is 0. The van der Waals surface area contributed by atoms with E-state index in [0.717, 1.165) is 0 Å². The van der Waals surface area contributed by atoms with Crippen molar-refractivity contribution in [1.29, 1.82) is 0 Å². The average Bonchev–Trinajstić information content (AvgIpc) is 2.37. The summed E-state index contributed by atoms with van der Waals surface area (Å²) in [6.45, 7) is 1.83. The highest BCUT2D eigenvalue weighted by Gasteiger charge is 2.20. The minimum atomic E-state index is -1.11. The van der Waals surface area contributed by atoms with Gasteiger partial charge < -0.3 is 10.8 Å². The van der Waals surface area contributed by atoms with Crippen molar-refractivity contribution in [3.05, 3.63) is 34.9 Å². The SMILES string of the molecule is C#Cc1c(F)c(O)c(F)c2cc(N)cc(CC)c12. The minimum Gasteiger partial charge on any atom is -0.503 e. The third kappa shape index (κ3) is 1.56. The summed E-state index contributed by atoms with van der Waals surface area (Å²) in [6.07, 6.45) is 5.77. The summed E-state index contributed by atoms with van der Waals surface area (Å²) in [5, 5.41) is 9.72. The monoisotopic (exact) mass is 247 g/mol. The maximum absolute atomic E-state index is 13.9. The van der Waals surface area contributed by atoms with Crippen LogP contribution in [0.4, 0.5) is 14.5 Å². The van der Waals surface area contributed by atoms with Gasteiger partial charge in [0.1, 0.15) is 0 Å². The van der Waals surface area contributed by atoms with Crippen molar-refractivity contribution in [1.82, 2.24) is 0 Å². The number of nitrogens with two attached hydrogens (primary N) is 1. The Morgan fingerprint density at radius 1 is 1.33 bits per heavy atom. The number of terminal acetylenes is 1. The Labute approximate surface area is 103 Å². The summed E-state index contributed by atoms with van der Waals surface area (Å²) in [6, 6.07) is 2.96. The number of rotatable bonds is 1. The fourth-order valence-corrected chi connectivity index (χ4v) is 2.06. The van der Waals surface area contributed by atoms with Crippen LogP contribution in [0, 0.1) is 24.0 Å². The van der Waals surface area contributed by atoms with E-state index in [9.17, 15) is 13.9 Å². The first kappa shape index (κ1) is 12.2. The number of halogens is 2. The quantitative estimate of drug-likeness (QED) is 0.601. The van der Waals surface area contributed by atoms with Gasteiger partial charge in [0.2, 0.25) is 0 Å². The van der Waals surface area contributed by atoms with Crippen molar-refractivity contribution in [2.24, 2.45) is 0 Å². The maximum atomic E-state index is 13.9. The van der Waals surface area contributed by atoms with Gasteiger partial charge in [-0.15, -0.1) is 6.42 Å². The van der Waals surface area contributed by atoms with Crippen LogP contribution in [0.15, 0.2) is 12.1 Å². The predicted molar refractivity (Wildman–Crippen MR) is 67.3 cm³/mol. The summed E-state index contributed by atoms with van der Waals surface area (Å²) in [7, 11) is 0. The largest absolute Gasteiger partial charge is 0.503 e. The first-order chi connectivity index (χ1) is 8.51. The first-order valence-corrected chi connectivity index (χ1v) is 5.39. The summed E-state index contributed by atoms with van der Waals surface area (Å²) in [5.41, 5.74) is 6.51. The van der Waals surface area contributed by atoms with Crippen molar-refractivity contribution in [2.45, 2.75) is 13.3 Å². The van der Waals surface area contributed by atoms with Crippen LogP contribution in [0.3, 0.4) is 0 Å². The fraction of sp³-hybridized carbons (Fsp3) is 0.143. The Kier molecular flexibility index (Phi) is 2.84. The smallest absolute Gasteiger partial charge is 0.189 e. The number of phenols is 1. The molecule has 0 atom stereocenters. The van der Waals surface area contributed by atoms with Crippen LogP contribution >= 0.6 is 0 Å². The highest BCUT2D eigenvalue weighted by atomic mass is 19.1. The lowest BCUT2D eigenvalue weighted by molar-refractivity contribution is 0.399. The number of hydrogen-bond acceptors (Lipinski definition) is 2. The van der Waals surface area contributed by atoms with Gasteiger partial charge in [-0.25, -0.2) is 8.78 Å². The van der Waals surface area contributed by atoms with E-state index >= 15 is 0 Å². The van der Waals surface area contributed by atoms with E-state index in [4.69, 9.17) is 12.2 Å². The van der Waals surface area contributed by atoms with E-state index in [1.54, 1.807) is 6.07 Å². The number of phenolic OH excluding ortho intramolecular Hbond substituents is 1. The Balaban J connectivity index is 3.11. The van der Waals surface area contributed by atoms with E-state index in [2.05, 4.69) is 5.92 Å². The van der Waals surface area contributed by atoms with Gasteiger partial charge in [-0.2, -0.15) is 0 Å². The molecule has 0 fully saturated rings. The van der Waals surface area contributed by atoms with E-state index in [1.165, 1.54) is 6.07 Å². The molecule has 2 aromatic rings. The molecule has 2 rings (SSSR count). The van der Waals surface area contributed by atoms with Gasteiger partial charge in [0.25, 0.3) is 0 Å². The molecular formula is C14H11F2NO. The summed E-state index contributed by atoms with van der Waals surface area (Å²) in [5.74, 6) is -1.06. The molecule has 0 radical (unpaired) electrons. The Morgan fingerprint density at radius 3 is 2.56 bits per heavy atom. The molecular weight excluding hydrogens is 236 g/mol. The van der Waals surface area contributed by atoms with Gasteiger partial charge >= 0.3 is 0 Å². The summed E-state index contributed by atoms with van der Waals surface area (Å²) in [4.78, 5) is 0. The number of nitrogen functional groups attached to an aromatic ring is 1. The lowest BCUT2D eigenvalue weighted by Crippen LogP contribution is -1.98. The Bertz CT molecular complexity index is 687. The third-order valence-corrected chi connectivity index (χ3v) is 2.89. The highest BCUT2D eigenvalue weighted by molar-refractivity contribution is 5.95. The van der Waals surface area contributed by atoms with Crippen LogP contribution in [0.2, 0.25) is 0 Å². The van der Waals surface area contributed by atoms with Crippen molar-refractivity contribution in [2.75, 3.05) is 5.73 Å². The number of hydrogen-bond donors (Lipinski definition) is 2. The lowest BCUT2D eigenvalue weighted by atomic mass is 9.96. The van der Waals surface area contributed by atoms with Gasteiger partial charge in [0, 0.05) is 16.5 Å². The van der Waals surface area contributed by atoms with E-state index in [0.29, 0.717) is 23.1 Å². The van der Waals surface area contributed by atoms with E-state index in [1.807, 2.05) is 6.92 Å². The normalized spacial score (nSPS) is 10.6. The number of benzene rings is 2. The summed E-state index contributed by atoms with van der Waals surface area (Å²) < 4.78 is 27.6. The molecule has 0 unspecified atom stereocenters. The number of fused-ring (bicyclic) bond motifs is 1. The van der Waals surface area contributed by atoms with Crippen molar-refractivity contribution in [3.8, 4) is 18.1 Å². The third-order valence-electron chi connectivity index (χ3n) is 2.89. The molecule has 0 spiro atoms. The molecule has 2 aromatic carbocycles. The van der Waals surface area contributed by atoms with Gasteiger partial charge in [-0.05, 0) is 24.1 Å². The van der Waals surface area contributed by atoms with Crippen molar-refractivity contribution < 1.29 is 13.9 Å². The van der Waals surface area contributed by atoms with Crippen LogP contribution < -0.4 is 5.73 Å². The molecule has 92 valence electrons. The zero-order valence-electron chi connectivity index (χ0n) is 9.72. The van der Waals surface area contributed by atoms with Crippen molar-refractivity contribution in [3.63, 3.8) is 0 Å². The topological polar surface area (TPSA) is 46.2 Å². The molecule has 0 amide bonds. The molecule has 0 bridgehead atoms. The molecule has 0 saturated carbocycles. The van der Waals surface area contributed by atoms with Crippen LogP contribution in [0.25, 0.3) is 10.8 Å². The molecule has 3 N–H and O–H groups in total. The second-order valence-electron chi connectivity index (χ2n) is 3.95. The van der Waals surface area contributed by atoms with Crippen LogP contribution in [0.1, 0.15) is 18.1 Å². The molecule has 0 heterocycles. The molecule has 2 nitrogen and oxygen atoms in total. The van der Waals surface area contributed by atoms with Crippen LogP contribution in [-0.4, -0.2) is 5.11 Å². The zero-order chi connectivity index (χ0) is 13.4. The van der Waals surface area contributed by atoms with Gasteiger partial charge in [0.05, 0.1) is 5.56 Å². The second-order valence-corrected chi connectivity index (χ2v) is 3.95. The Hall–Kier alpha value is -2.28. The molecule has 18 heavy (non-hydrogen) atoms. The van der Waals surface area contributed by atoms with Crippen LogP contribution in [0.5, 0.6) is 5.75 Å². The van der Waals surface area contributed by atoms with Crippen molar-refractivity contribution >= 4 is 16.5 Å². The Morgan fingerprint density at radius 2 is 2.00 bits per heavy atom. The molecule has 0 aliphatic carbocycles. The van der Waals surface area contributed by atoms with Gasteiger partial charge in [-0.1, -0.05) is 12.8 Å². The highest BCUT2D eigenvalue weighted by Crippen LogP contribution is 2.35. The zero-order valence-corrected chi connectivity index (χ0v) is 9.72. The molecule has 0 aliphatic rings. The van der Waals surface area contributed by atoms with Crippen LogP contribution in [-0.2, 0) is 6.42 Å². The van der Waals surface area contributed by atoms with Gasteiger partial charge in [-0.3, -0.25) is 0 Å². The minimum absolute atomic E-state index is 0.0405. The first-order valence-electron chi connectivity index (χ1n) is 5.39. The van der Waals surface area contributed by atoms with E-state index in [-0.39, 0.29) is 10.9 Å². The number of anilines is 1. The predicted octanol–water partition coefficient (Wildman–Crippen LogP) is 2.95. The van der Waals surface area contributed by atoms with Gasteiger partial charge in [0.15, 0.2) is 17.4 Å². The molecule has 0 saturated heterocycles. The second kappa shape index (κ2) is 4.19. The number of aromatic hydroxyl groups is 1. The van der Waals surface area contributed by atoms with E-state index < -0.39 is 17.4 Å². The standard InChI is InChI=1S/C14H11F2NO/c1-3-7-5-8(17)6-10-11(7)9(4-2)12(15)14(18)13(10)16/h2,5-6,18H,3,17H2,1H3. The average molecular weight is 247 g/mol.